The number of fused-ring (bicyclic) bond motifs is 5. The first-order valence-electron chi connectivity index (χ1n) is 5.00. The summed E-state index contributed by atoms with van der Waals surface area (Å²) >= 11 is 0. The van der Waals surface area contributed by atoms with Crippen molar-refractivity contribution in [3.8, 4) is 0 Å². The van der Waals surface area contributed by atoms with E-state index in [1.54, 1.807) is 0 Å². The van der Waals surface area contributed by atoms with Crippen LogP contribution >= 0.6 is 0 Å². The van der Waals surface area contributed by atoms with Crippen LogP contribution in [0.15, 0.2) is 0 Å². The van der Waals surface area contributed by atoms with Crippen molar-refractivity contribution in [2.24, 2.45) is 23.7 Å². The largest absolute Gasteiger partial charge is 0.393 e. The summed E-state index contributed by atoms with van der Waals surface area (Å²) in [6.07, 6.45) is 4.01. The average molecular weight is 180 g/mol. The Balaban J connectivity index is 1.93. The smallest absolute Gasteiger partial charge is 0.317 e. The average Bonchev–Trinajstić information content (AvgIpc) is 2.62. The predicted molar refractivity (Wildman–Crippen MR) is 43.5 cm³/mol. The second-order valence-corrected chi connectivity index (χ2v) is 4.52. The lowest BCUT2D eigenvalue weighted by Crippen LogP contribution is -2.38. The van der Waals surface area contributed by atoms with Crippen molar-refractivity contribution >= 4 is 11.9 Å². The molecule has 3 fully saturated rings. The third kappa shape index (κ3) is 0.901. The molecule has 0 aromatic carbocycles. The lowest BCUT2D eigenvalue weighted by molar-refractivity contribution is -0.172. The maximum Gasteiger partial charge on any atom is 0.317 e. The Morgan fingerprint density at radius 1 is 1.15 bits per heavy atom. The summed E-state index contributed by atoms with van der Waals surface area (Å²) in [5.41, 5.74) is 0. The summed E-state index contributed by atoms with van der Waals surface area (Å²) < 4.78 is 4.67. The van der Waals surface area contributed by atoms with Crippen molar-refractivity contribution in [1.82, 2.24) is 0 Å². The van der Waals surface area contributed by atoms with Gasteiger partial charge in [0.1, 0.15) is 0 Å². The zero-order valence-electron chi connectivity index (χ0n) is 7.36. The summed E-state index contributed by atoms with van der Waals surface area (Å²) in [6, 6.07) is 0. The van der Waals surface area contributed by atoms with Gasteiger partial charge in [0.15, 0.2) is 0 Å². The molecule has 1 heterocycles. The van der Waals surface area contributed by atoms with Crippen molar-refractivity contribution in [3.05, 3.63) is 0 Å². The molecule has 1 aliphatic heterocycles. The Morgan fingerprint density at radius 3 is 2.77 bits per heavy atom. The number of carbonyl (C=O) groups excluding carboxylic acids is 2. The maximum absolute atomic E-state index is 11.4. The minimum Gasteiger partial charge on any atom is -0.393 e. The van der Waals surface area contributed by atoms with Gasteiger partial charge in [0.25, 0.3) is 0 Å². The highest BCUT2D eigenvalue weighted by molar-refractivity contribution is 5.90. The number of rotatable bonds is 0. The van der Waals surface area contributed by atoms with Crippen LogP contribution in [0.4, 0.5) is 0 Å². The van der Waals surface area contributed by atoms with Crippen LogP contribution in [0.2, 0.25) is 0 Å². The monoisotopic (exact) mass is 180 g/mol. The minimum absolute atomic E-state index is 0.0662. The van der Waals surface area contributed by atoms with Gasteiger partial charge in [-0.2, -0.15) is 0 Å². The van der Waals surface area contributed by atoms with Crippen molar-refractivity contribution in [1.29, 1.82) is 0 Å². The van der Waals surface area contributed by atoms with Crippen molar-refractivity contribution < 1.29 is 14.3 Å². The van der Waals surface area contributed by atoms with Crippen LogP contribution in [0.1, 0.15) is 25.7 Å². The Hall–Kier alpha value is -0.860. The Bertz CT molecular complexity index is 284. The molecule has 0 N–H and O–H groups in total. The summed E-state index contributed by atoms with van der Waals surface area (Å²) in [5.74, 6) is 0.999. The van der Waals surface area contributed by atoms with Gasteiger partial charge in [-0.05, 0) is 37.0 Å². The molecule has 2 saturated carbocycles. The summed E-state index contributed by atoms with van der Waals surface area (Å²) in [6.45, 7) is 0. The van der Waals surface area contributed by atoms with Gasteiger partial charge in [0.05, 0.1) is 5.92 Å². The first-order valence-corrected chi connectivity index (χ1v) is 5.00. The summed E-state index contributed by atoms with van der Waals surface area (Å²) in [7, 11) is 0. The van der Waals surface area contributed by atoms with E-state index in [9.17, 15) is 9.59 Å². The molecule has 0 aromatic heterocycles. The molecule has 4 atom stereocenters. The molecular formula is C10H12O3. The Kier molecular flexibility index (Phi) is 1.35. The number of carbonyl (C=O) groups is 2. The van der Waals surface area contributed by atoms with E-state index in [1.807, 2.05) is 0 Å². The van der Waals surface area contributed by atoms with E-state index >= 15 is 0 Å². The quantitative estimate of drug-likeness (QED) is 0.414. The van der Waals surface area contributed by atoms with E-state index in [2.05, 4.69) is 4.74 Å². The lowest BCUT2D eigenvalue weighted by Gasteiger charge is -2.31. The molecule has 3 nitrogen and oxygen atoms in total. The van der Waals surface area contributed by atoms with Gasteiger partial charge in [0.2, 0.25) is 0 Å². The van der Waals surface area contributed by atoms with Crippen LogP contribution in [-0.4, -0.2) is 11.9 Å². The fraction of sp³-hybridized carbons (Fsp3) is 0.800. The highest BCUT2D eigenvalue weighted by Crippen LogP contribution is 2.55. The van der Waals surface area contributed by atoms with Gasteiger partial charge in [-0.3, -0.25) is 9.59 Å². The standard InChI is InChI=1S/C10H12O3/c11-8-4-7-5-1-2-6(3-5)9(7)10(12)13-8/h5-7,9H,1-4H2. The van der Waals surface area contributed by atoms with Gasteiger partial charge in [-0.15, -0.1) is 0 Å². The SMILES string of the molecule is O=C1CC2C3CCC(C3)C2C(=O)O1. The van der Waals surface area contributed by atoms with Gasteiger partial charge in [-0.25, -0.2) is 0 Å². The first-order chi connectivity index (χ1) is 6.25. The molecule has 0 spiro atoms. The number of ether oxygens (including phenoxy) is 1. The third-order valence-corrected chi connectivity index (χ3v) is 3.98. The van der Waals surface area contributed by atoms with Crippen LogP contribution < -0.4 is 0 Å². The molecule has 0 amide bonds. The molecule has 13 heavy (non-hydrogen) atoms. The zero-order valence-corrected chi connectivity index (χ0v) is 7.36. The Morgan fingerprint density at radius 2 is 1.92 bits per heavy atom. The van der Waals surface area contributed by atoms with Crippen molar-refractivity contribution in [2.45, 2.75) is 25.7 Å². The number of hydrogen-bond acceptors (Lipinski definition) is 3. The van der Waals surface area contributed by atoms with Gasteiger partial charge >= 0.3 is 11.9 Å². The topological polar surface area (TPSA) is 43.4 Å². The Labute approximate surface area is 76.4 Å². The maximum atomic E-state index is 11.4. The second-order valence-electron chi connectivity index (χ2n) is 4.52. The molecule has 0 radical (unpaired) electrons. The fourth-order valence-corrected chi connectivity index (χ4v) is 3.49. The molecular weight excluding hydrogens is 168 g/mol. The van der Waals surface area contributed by atoms with E-state index in [0.717, 1.165) is 12.8 Å². The van der Waals surface area contributed by atoms with Gasteiger partial charge in [0, 0.05) is 6.42 Å². The normalized spacial score (nSPS) is 47.7. The molecule has 70 valence electrons. The second kappa shape index (κ2) is 2.34. The third-order valence-electron chi connectivity index (χ3n) is 3.98. The van der Waals surface area contributed by atoms with E-state index in [1.165, 1.54) is 6.42 Å². The number of cyclic esters (lactones) is 2. The van der Waals surface area contributed by atoms with Crippen molar-refractivity contribution in [3.63, 3.8) is 0 Å². The van der Waals surface area contributed by atoms with Crippen LogP contribution in [-0.2, 0) is 14.3 Å². The van der Waals surface area contributed by atoms with Crippen LogP contribution in [0, 0.1) is 23.7 Å². The molecule has 3 rings (SSSR count). The molecule has 2 aliphatic carbocycles. The van der Waals surface area contributed by atoms with Crippen LogP contribution in [0.5, 0.6) is 0 Å². The van der Waals surface area contributed by atoms with E-state index < -0.39 is 0 Å². The zero-order chi connectivity index (χ0) is 9.00. The molecule has 2 bridgehead atoms. The fourth-order valence-electron chi connectivity index (χ4n) is 3.49. The van der Waals surface area contributed by atoms with Crippen molar-refractivity contribution in [2.75, 3.05) is 0 Å². The van der Waals surface area contributed by atoms with E-state index in [4.69, 9.17) is 0 Å². The number of hydrogen-bond donors (Lipinski definition) is 0. The minimum atomic E-state index is -0.307. The first kappa shape index (κ1) is 7.54. The molecule has 1 saturated heterocycles. The van der Waals surface area contributed by atoms with Gasteiger partial charge in [-0.1, -0.05) is 0 Å². The van der Waals surface area contributed by atoms with E-state index in [-0.39, 0.29) is 17.9 Å². The van der Waals surface area contributed by atoms with E-state index in [0.29, 0.717) is 24.2 Å². The number of esters is 2. The lowest BCUT2D eigenvalue weighted by atomic mass is 9.76. The van der Waals surface area contributed by atoms with Gasteiger partial charge < -0.3 is 4.74 Å². The van der Waals surface area contributed by atoms with Crippen LogP contribution in [0.25, 0.3) is 0 Å². The molecule has 4 unspecified atom stereocenters. The summed E-state index contributed by atoms with van der Waals surface area (Å²) in [4.78, 5) is 22.5. The highest BCUT2D eigenvalue weighted by Gasteiger charge is 2.54. The molecule has 0 aromatic rings. The van der Waals surface area contributed by atoms with Crippen LogP contribution in [0.3, 0.4) is 0 Å². The highest BCUT2D eigenvalue weighted by atomic mass is 16.6. The predicted octanol–water partition coefficient (Wildman–Crippen LogP) is 1.12. The molecule has 3 aliphatic rings. The summed E-state index contributed by atoms with van der Waals surface area (Å²) in [5, 5.41) is 0. The molecule has 3 heteroatoms.